The lowest BCUT2D eigenvalue weighted by Crippen LogP contribution is -2.47. The molecular formula is C16H21NO3. The number of aliphatic hydroxyl groups is 1. The molecule has 20 heavy (non-hydrogen) atoms. The molecule has 0 aliphatic heterocycles. The van der Waals surface area contributed by atoms with Crippen LogP contribution >= 0.6 is 0 Å². The second-order valence-electron chi connectivity index (χ2n) is 5.21. The number of amides is 1. The molecule has 0 bridgehead atoms. The van der Waals surface area contributed by atoms with Crippen molar-refractivity contribution in [3.8, 4) is 11.8 Å². The lowest BCUT2D eigenvalue weighted by Gasteiger charge is -2.25. The van der Waals surface area contributed by atoms with E-state index < -0.39 is 5.54 Å². The number of nitrogens with one attached hydrogen (secondary N) is 1. The number of benzene rings is 1. The molecule has 1 rings (SSSR count). The summed E-state index contributed by atoms with van der Waals surface area (Å²) in [5.74, 6) is 5.28. The van der Waals surface area contributed by atoms with Crippen molar-refractivity contribution in [1.82, 2.24) is 5.32 Å². The molecule has 108 valence electrons. The van der Waals surface area contributed by atoms with E-state index >= 15 is 0 Å². The molecule has 4 heteroatoms. The molecule has 0 aromatic heterocycles. The van der Waals surface area contributed by atoms with Gasteiger partial charge in [0.2, 0.25) is 0 Å². The Balaban J connectivity index is 3.00. The smallest absolute Gasteiger partial charge is 0.252 e. The third kappa shape index (κ3) is 4.37. The molecule has 0 radical (unpaired) electrons. The number of methoxy groups -OCH3 is 1. The van der Waals surface area contributed by atoms with Crippen LogP contribution in [0.15, 0.2) is 18.2 Å². The van der Waals surface area contributed by atoms with Gasteiger partial charge in [0.15, 0.2) is 0 Å². The molecule has 1 amide bonds. The first-order valence-corrected chi connectivity index (χ1v) is 6.42. The summed E-state index contributed by atoms with van der Waals surface area (Å²) in [6.45, 7) is 5.89. The Kier molecular flexibility index (Phi) is 5.75. The van der Waals surface area contributed by atoms with Crippen LogP contribution in [-0.2, 0) is 4.74 Å². The molecule has 0 saturated heterocycles. The van der Waals surface area contributed by atoms with Gasteiger partial charge in [0.1, 0.15) is 6.61 Å². The van der Waals surface area contributed by atoms with E-state index in [2.05, 4.69) is 17.2 Å². The highest BCUT2D eigenvalue weighted by Crippen LogP contribution is 2.14. The van der Waals surface area contributed by atoms with Gasteiger partial charge in [-0.25, -0.2) is 0 Å². The Morgan fingerprint density at radius 2 is 2.15 bits per heavy atom. The first-order valence-electron chi connectivity index (χ1n) is 6.42. The molecule has 0 atom stereocenters. The summed E-state index contributed by atoms with van der Waals surface area (Å²) < 4.78 is 5.09. The zero-order chi connectivity index (χ0) is 15.2. The molecule has 0 saturated carbocycles. The minimum Gasteiger partial charge on any atom is -0.384 e. The maximum absolute atomic E-state index is 12.3. The van der Waals surface area contributed by atoms with Gasteiger partial charge in [-0.2, -0.15) is 0 Å². The van der Waals surface area contributed by atoms with E-state index in [0.717, 1.165) is 11.1 Å². The minimum atomic E-state index is -0.439. The normalized spacial score (nSPS) is 10.7. The zero-order valence-corrected chi connectivity index (χ0v) is 12.4. The van der Waals surface area contributed by atoms with E-state index in [0.29, 0.717) is 12.2 Å². The molecule has 2 N–H and O–H groups in total. The van der Waals surface area contributed by atoms with Crippen molar-refractivity contribution >= 4 is 5.91 Å². The van der Waals surface area contributed by atoms with Crippen molar-refractivity contribution in [3.63, 3.8) is 0 Å². The van der Waals surface area contributed by atoms with E-state index in [1.807, 2.05) is 26.8 Å². The van der Waals surface area contributed by atoms with Crippen molar-refractivity contribution in [2.24, 2.45) is 0 Å². The van der Waals surface area contributed by atoms with Crippen LogP contribution in [-0.4, -0.2) is 36.9 Å². The quantitative estimate of drug-likeness (QED) is 0.819. The number of carbonyl (C=O) groups excluding carboxylic acids is 1. The van der Waals surface area contributed by atoms with Crippen LogP contribution in [0.25, 0.3) is 0 Å². The molecule has 1 aromatic carbocycles. The molecule has 0 aliphatic carbocycles. The third-order valence-corrected chi connectivity index (χ3v) is 2.84. The summed E-state index contributed by atoms with van der Waals surface area (Å²) in [6.07, 6.45) is 0. The van der Waals surface area contributed by atoms with Gasteiger partial charge in [-0.05, 0) is 38.5 Å². The highest BCUT2D eigenvalue weighted by atomic mass is 16.5. The average molecular weight is 275 g/mol. The Morgan fingerprint density at radius 1 is 1.45 bits per heavy atom. The van der Waals surface area contributed by atoms with Crippen LogP contribution in [0.5, 0.6) is 0 Å². The Hall–Kier alpha value is -1.83. The second kappa shape index (κ2) is 7.09. The third-order valence-electron chi connectivity index (χ3n) is 2.84. The highest BCUT2D eigenvalue weighted by molar-refractivity contribution is 5.96. The summed E-state index contributed by atoms with van der Waals surface area (Å²) in [7, 11) is 1.60. The van der Waals surface area contributed by atoms with Crippen LogP contribution < -0.4 is 5.32 Å². The topological polar surface area (TPSA) is 58.6 Å². The summed E-state index contributed by atoms with van der Waals surface area (Å²) in [4.78, 5) is 12.3. The fraction of sp³-hybridized carbons (Fsp3) is 0.438. The predicted molar refractivity (Wildman–Crippen MR) is 78.6 cm³/mol. The van der Waals surface area contributed by atoms with Crippen molar-refractivity contribution in [3.05, 3.63) is 34.9 Å². The summed E-state index contributed by atoms with van der Waals surface area (Å²) in [5, 5.41) is 11.7. The fourth-order valence-corrected chi connectivity index (χ4v) is 1.92. The number of hydrogen-bond acceptors (Lipinski definition) is 3. The van der Waals surface area contributed by atoms with Gasteiger partial charge >= 0.3 is 0 Å². The maximum atomic E-state index is 12.3. The number of carbonyl (C=O) groups is 1. The largest absolute Gasteiger partial charge is 0.384 e. The molecule has 4 nitrogen and oxygen atoms in total. The molecule has 0 aliphatic rings. The van der Waals surface area contributed by atoms with Gasteiger partial charge in [-0.15, -0.1) is 0 Å². The van der Waals surface area contributed by atoms with Crippen LogP contribution in [0.3, 0.4) is 0 Å². The van der Waals surface area contributed by atoms with E-state index in [9.17, 15) is 4.79 Å². The van der Waals surface area contributed by atoms with Crippen LogP contribution in [0, 0.1) is 18.8 Å². The van der Waals surface area contributed by atoms with E-state index in [4.69, 9.17) is 9.84 Å². The van der Waals surface area contributed by atoms with E-state index in [1.165, 1.54) is 0 Å². The summed E-state index contributed by atoms with van der Waals surface area (Å²) in [5.41, 5.74) is 1.69. The van der Waals surface area contributed by atoms with Gasteiger partial charge in [-0.1, -0.05) is 17.9 Å². The Labute approximate surface area is 120 Å². The molecule has 0 spiro atoms. The molecular weight excluding hydrogens is 254 g/mol. The molecule has 0 fully saturated rings. The maximum Gasteiger partial charge on any atom is 0.252 e. The molecule has 0 heterocycles. The average Bonchev–Trinajstić information content (AvgIpc) is 2.36. The lowest BCUT2D eigenvalue weighted by molar-refractivity contribution is 0.0819. The van der Waals surface area contributed by atoms with Crippen LogP contribution in [0.2, 0.25) is 0 Å². The summed E-state index contributed by atoms with van der Waals surface area (Å²) >= 11 is 0. The monoisotopic (exact) mass is 275 g/mol. The van der Waals surface area contributed by atoms with Gasteiger partial charge < -0.3 is 15.2 Å². The van der Waals surface area contributed by atoms with Crippen LogP contribution in [0.4, 0.5) is 0 Å². The second-order valence-corrected chi connectivity index (χ2v) is 5.21. The highest BCUT2D eigenvalue weighted by Gasteiger charge is 2.22. The number of ether oxygens (including phenoxy) is 1. The van der Waals surface area contributed by atoms with E-state index in [-0.39, 0.29) is 12.5 Å². The number of rotatable bonds is 4. The first kappa shape index (κ1) is 16.2. The lowest BCUT2D eigenvalue weighted by atomic mass is 10.00. The predicted octanol–water partition coefficient (Wildman–Crippen LogP) is 1.49. The standard InChI is InChI=1S/C16H21NO3/c1-12-13(8-6-10-18)7-5-9-14(12)15(19)17-16(2,3)11-20-4/h5,7,9,18H,10-11H2,1-4H3,(H,17,19). The zero-order valence-electron chi connectivity index (χ0n) is 12.4. The van der Waals surface area contributed by atoms with Gasteiger partial charge in [0.25, 0.3) is 5.91 Å². The van der Waals surface area contributed by atoms with Gasteiger partial charge in [0.05, 0.1) is 12.1 Å². The Bertz CT molecular complexity index is 538. The van der Waals surface area contributed by atoms with Gasteiger partial charge in [0, 0.05) is 18.2 Å². The first-order chi connectivity index (χ1) is 9.41. The van der Waals surface area contributed by atoms with Crippen molar-refractivity contribution in [1.29, 1.82) is 0 Å². The number of hydrogen-bond donors (Lipinski definition) is 2. The van der Waals surface area contributed by atoms with Crippen molar-refractivity contribution in [2.75, 3.05) is 20.3 Å². The minimum absolute atomic E-state index is 0.155. The van der Waals surface area contributed by atoms with Crippen molar-refractivity contribution < 1.29 is 14.6 Å². The summed E-state index contributed by atoms with van der Waals surface area (Å²) in [6, 6.07) is 5.37. The SMILES string of the molecule is COCC(C)(C)NC(=O)c1cccc(C#CCO)c1C. The van der Waals surface area contributed by atoms with Crippen molar-refractivity contribution in [2.45, 2.75) is 26.3 Å². The van der Waals surface area contributed by atoms with Gasteiger partial charge in [-0.3, -0.25) is 4.79 Å². The molecule has 1 aromatic rings. The van der Waals surface area contributed by atoms with Crippen LogP contribution in [0.1, 0.15) is 35.3 Å². The Morgan fingerprint density at radius 3 is 2.75 bits per heavy atom. The number of aliphatic hydroxyl groups excluding tert-OH is 1. The molecule has 0 unspecified atom stereocenters. The fourth-order valence-electron chi connectivity index (χ4n) is 1.92. The van der Waals surface area contributed by atoms with E-state index in [1.54, 1.807) is 19.2 Å².